The number of nitrogens with two attached hydrogens (primary N) is 1. The summed E-state index contributed by atoms with van der Waals surface area (Å²) in [6, 6.07) is -0.233. The number of aromatic nitrogens is 2. The van der Waals surface area contributed by atoms with Crippen LogP contribution in [0.4, 0.5) is 11.5 Å². The number of hydrogen-bond donors (Lipinski definition) is 3. The lowest BCUT2D eigenvalue weighted by Crippen LogP contribution is -2.35. The number of fused-ring (bicyclic) bond motifs is 1. The zero-order valence-corrected chi connectivity index (χ0v) is 17.5. The fourth-order valence-corrected chi connectivity index (χ4v) is 4.30. The zero-order chi connectivity index (χ0) is 20.5. The van der Waals surface area contributed by atoms with Crippen LogP contribution < -0.4 is 11.1 Å². The van der Waals surface area contributed by atoms with Gasteiger partial charge in [-0.25, -0.2) is 14.8 Å². The van der Waals surface area contributed by atoms with E-state index in [1.807, 2.05) is 13.8 Å². The number of carboxylic acids is 1. The summed E-state index contributed by atoms with van der Waals surface area (Å²) < 4.78 is 17.5. The molecule has 0 bridgehead atoms. The molecular weight excluding hydrogens is 408 g/mol. The number of aliphatic carboxylic acids is 1. The van der Waals surface area contributed by atoms with E-state index >= 15 is 0 Å². The highest BCUT2D eigenvalue weighted by Gasteiger charge is 2.55. The topological polar surface area (TPSA) is 129 Å². The molecule has 9 nitrogen and oxygen atoms in total. The van der Waals surface area contributed by atoms with Crippen molar-refractivity contribution in [3.05, 3.63) is 5.15 Å². The highest BCUT2D eigenvalue weighted by Crippen LogP contribution is 2.41. The van der Waals surface area contributed by atoms with Crippen LogP contribution in [-0.2, 0) is 19.0 Å². The van der Waals surface area contributed by atoms with Gasteiger partial charge in [0.05, 0.1) is 12.1 Å². The van der Waals surface area contributed by atoms with E-state index in [0.717, 1.165) is 12.2 Å². The lowest BCUT2D eigenvalue weighted by molar-refractivity contribution is -0.170. The Kier molecular flexibility index (Phi) is 6.55. The third-order valence-electron chi connectivity index (χ3n) is 4.47. The third-order valence-corrected chi connectivity index (χ3v) is 5.81. The number of nitrogens with zero attached hydrogens (tertiary/aromatic N) is 2. The molecule has 156 valence electrons. The minimum atomic E-state index is -1.03. The van der Waals surface area contributed by atoms with E-state index in [9.17, 15) is 4.79 Å². The Labute approximate surface area is 172 Å². The predicted octanol–water partition coefficient (Wildman–Crippen LogP) is 2.39. The molecule has 4 atom stereocenters. The first kappa shape index (κ1) is 21.4. The Hall–Kier alpha value is -1.33. The molecule has 0 amide bonds. The number of nitrogens with one attached hydrogen (secondary N) is 1. The quantitative estimate of drug-likeness (QED) is 0.320. The molecule has 0 spiro atoms. The number of carboxylic acid groups (broad SMARTS) is 1. The molecule has 11 heteroatoms. The van der Waals surface area contributed by atoms with Crippen molar-refractivity contribution >= 4 is 40.8 Å². The van der Waals surface area contributed by atoms with Crippen LogP contribution in [0.1, 0.15) is 33.6 Å². The largest absolute Gasteiger partial charge is 0.480 e. The third kappa shape index (κ3) is 4.80. The van der Waals surface area contributed by atoms with Gasteiger partial charge in [-0.2, -0.15) is 0 Å². The molecule has 1 saturated carbocycles. The molecular formula is C17H25ClN4O5S. The molecule has 1 aromatic heterocycles. The summed E-state index contributed by atoms with van der Waals surface area (Å²) in [7, 11) is 0. The second-order valence-corrected chi connectivity index (χ2v) is 8.62. The van der Waals surface area contributed by atoms with Crippen molar-refractivity contribution in [1.82, 2.24) is 9.97 Å². The van der Waals surface area contributed by atoms with Crippen LogP contribution in [0.3, 0.4) is 0 Å². The molecule has 3 rings (SSSR count). The molecule has 2 aliphatic rings. The summed E-state index contributed by atoms with van der Waals surface area (Å²) in [5, 5.41) is 12.9. The normalized spacial score (nSPS) is 28.3. The fraction of sp³-hybridized carbons (Fsp3) is 0.706. The average Bonchev–Trinajstić information content (AvgIpc) is 3.09. The number of thioether (sulfide) groups is 1. The van der Waals surface area contributed by atoms with Gasteiger partial charge < -0.3 is 30.4 Å². The van der Waals surface area contributed by atoms with E-state index in [1.54, 1.807) is 0 Å². The van der Waals surface area contributed by atoms with Crippen molar-refractivity contribution in [2.24, 2.45) is 0 Å². The van der Waals surface area contributed by atoms with Crippen molar-refractivity contribution < 1.29 is 24.1 Å². The number of carbonyl (C=O) groups is 1. The van der Waals surface area contributed by atoms with Gasteiger partial charge in [0.1, 0.15) is 24.5 Å². The van der Waals surface area contributed by atoms with Crippen molar-refractivity contribution in [2.75, 3.05) is 23.4 Å². The van der Waals surface area contributed by atoms with Crippen LogP contribution >= 0.6 is 23.4 Å². The van der Waals surface area contributed by atoms with Gasteiger partial charge in [0.15, 0.2) is 21.9 Å². The van der Waals surface area contributed by atoms with Crippen molar-refractivity contribution in [3.63, 3.8) is 0 Å². The number of nitrogen functional groups attached to an aromatic ring is 1. The summed E-state index contributed by atoms with van der Waals surface area (Å²) in [6.07, 6.45) is 0.312. The van der Waals surface area contributed by atoms with E-state index in [-0.39, 0.29) is 29.1 Å². The second kappa shape index (κ2) is 8.58. The Morgan fingerprint density at radius 2 is 2.14 bits per heavy atom. The van der Waals surface area contributed by atoms with E-state index in [1.165, 1.54) is 11.8 Å². The van der Waals surface area contributed by atoms with Gasteiger partial charge in [0, 0.05) is 5.75 Å². The van der Waals surface area contributed by atoms with E-state index < -0.39 is 24.5 Å². The molecule has 1 aliphatic heterocycles. The first-order chi connectivity index (χ1) is 13.2. The Morgan fingerprint density at radius 3 is 2.82 bits per heavy atom. The fourth-order valence-electron chi connectivity index (χ4n) is 3.38. The molecule has 1 saturated heterocycles. The minimum Gasteiger partial charge on any atom is -0.480 e. The number of rotatable bonds is 8. The van der Waals surface area contributed by atoms with Crippen molar-refractivity contribution in [1.29, 1.82) is 0 Å². The molecule has 4 N–H and O–H groups in total. The maximum atomic E-state index is 10.9. The van der Waals surface area contributed by atoms with Crippen LogP contribution in [0.25, 0.3) is 0 Å². The van der Waals surface area contributed by atoms with Crippen molar-refractivity contribution in [3.8, 4) is 0 Å². The molecule has 1 unspecified atom stereocenters. The number of hydrogen-bond acceptors (Lipinski definition) is 9. The van der Waals surface area contributed by atoms with Gasteiger partial charge in [0.25, 0.3) is 0 Å². The predicted molar refractivity (Wildman–Crippen MR) is 106 cm³/mol. The molecule has 0 aromatic carbocycles. The molecule has 0 radical (unpaired) electrons. The molecule has 2 heterocycles. The maximum absolute atomic E-state index is 10.9. The zero-order valence-electron chi connectivity index (χ0n) is 16.0. The molecule has 1 aliphatic carbocycles. The highest BCUT2D eigenvalue weighted by atomic mass is 35.5. The monoisotopic (exact) mass is 432 g/mol. The van der Waals surface area contributed by atoms with Crippen LogP contribution in [0.2, 0.25) is 5.15 Å². The first-order valence-corrected chi connectivity index (χ1v) is 10.5. The lowest BCUT2D eigenvalue weighted by Gasteiger charge is -2.24. The van der Waals surface area contributed by atoms with Gasteiger partial charge >= 0.3 is 5.97 Å². The average molecular weight is 433 g/mol. The smallest absolute Gasteiger partial charge is 0.329 e. The van der Waals surface area contributed by atoms with E-state index in [4.69, 9.17) is 36.7 Å². The number of halogens is 1. The summed E-state index contributed by atoms with van der Waals surface area (Å²) >= 11 is 7.68. The summed E-state index contributed by atoms with van der Waals surface area (Å²) in [6.45, 7) is 5.29. The van der Waals surface area contributed by atoms with Crippen LogP contribution in [-0.4, -0.2) is 63.5 Å². The first-order valence-electron chi connectivity index (χ1n) is 9.11. The minimum absolute atomic E-state index is 0.188. The summed E-state index contributed by atoms with van der Waals surface area (Å²) in [4.78, 5) is 19.6. The van der Waals surface area contributed by atoms with Crippen LogP contribution in [0.5, 0.6) is 0 Å². The lowest BCUT2D eigenvalue weighted by atomic mass is 10.2. The van der Waals surface area contributed by atoms with Gasteiger partial charge in [-0.1, -0.05) is 30.3 Å². The van der Waals surface area contributed by atoms with Crippen molar-refractivity contribution in [2.45, 2.75) is 68.9 Å². The SMILES string of the molecule is CCCSc1nc(Cl)c(N)c(NC2C[C@H](OCC(=O)O)[C@H]3OC(C)(C)O[C@@H]23)n1. The molecule has 28 heavy (non-hydrogen) atoms. The molecule has 1 aromatic rings. The summed E-state index contributed by atoms with van der Waals surface area (Å²) in [5.41, 5.74) is 6.33. The Balaban J connectivity index is 1.79. The number of ether oxygens (including phenoxy) is 3. The standard InChI is InChI=1S/C17H25ClN4O5S/c1-4-5-28-16-21-14(18)11(19)15(22-16)20-8-6-9(25-7-10(23)24)13-12(8)26-17(2,3)27-13/h8-9,12-13H,4-7,19H2,1-3H3,(H,23,24)(H,20,21,22)/t8?,9-,12-,13+/m0/s1. The maximum Gasteiger partial charge on any atom is 0.329 e. The van der Waals surface area contributed by atoms with Gasteiger partial charge in [-0.3, -0.25) is 0 Å². The van der Waals surface area contributed by atoms with E-state index in [2.05, 4.69) is 22.2 Å². The second-order valence-electron chi connectivity index (χ2n) is 7.20. The Morgan fingerprint density at radius 1 is 1.43 bits per heavy atom. The van der Waals surface area contributed by atoms with Crippen LogP contribution in [0, 0.1) is 0 Å². The van der Waals surface area contributed by atoms with Gasteiger partial charge in [-0.05, 0) is 26.7 Å². The highest BCUT2D eigenvalue weighted by molar-refractivity contribution is 7.99. The Bertz CT molecular complexity index is 738. The van der Waals surface area contributed by atoms with Crippen LogP contribution in [0.15, 0.2) is 5.16 Å². The molecule has 2 fully saturated rings. The van der Waals surface area contributed by atoms with E-state index in [0.29, 0.717) is 17.4 Å². The number of anilines is 2. The van der Waals surface area contributed by atoms with Gasteiger partial charge in [-0.15, -0.1) is 0 Å². The van der Waals surface area contributed by atoms with Gasteiger partial charge in [0.2, 0.25) is 0 Å². The summed E-state index contributed by atoms with van der Waals surface area (Å²) in [5.74, 6) is -0.535.